The third-order valence-corrected chi connectivity index (χ3v) is 2.79. The van der Waals surface area contributed by atoms with Crippen molar-refractivity contribution in [2.24, 2.45) is 5.10 Å². The van der Waals surface area contributed by atoms with Crippen LogP contribution < -0.4 is 5.43 Å². The highest BCUT2D eigenvalue weighted by atomic mass is 16.5. The molecule has 0 spiro atoms. The van der Waals surface area contributed by atoms with Crippen molar-refractivity contribution in [2.45, 2.75) is 6.92 Å². The van der Waals surface area contributed by atoms with Crippen molar-refractivity contribution in [2.75, 3.05) is 7.11 Å². The van der Waals surface area contributed by atoms with Crippen molar-refractivity contribution < 1.29 is 14.6 Å². The molecule has 0 aliphatic rings. The predicted octanol–water partition coefficient (Wildman–Crippen LogP) is 2.63. The Kier molecular flexibility index (Phi) is 3.66. The molecule has 0 radical (unpaired) electrons. The van der Waals surface area contributed by atoms with Gasteiger partial charge in [0.1, 0.15) is 5.75 Å². The van der Waals surface area contributed by atoms with E-state index < -0.39 is 6.09 Å². The second kappa shape index (κ2) is 5.39. The van der Waals surface area contributed by atoms with Gasteiger partial charge in [-0.3, -0.25) is 0 Å². The zero-order valence-electron chi connectivity index (χ0n) is 10.7. The van der Waals surface area contributed by atoms with E-state index in [1.165, 1.54) is 7.11 Å². The third-order valence-electron chi connectivity index (χ3n) is 2.79. The first kappa shape index (κ1) is 12.9. The summed E-state index contributed by atoms with van der Waals surface area (Å²) in [6.07, 6.45) is -0.653. The number of ether oxygens (including phenoxy) is 1. The molecule has 2 aromatic rings. The number of amides is 1. The van der Waals surface area contributed by atoms with Gasteiger partial charge in [0.15, 0.2) is 0 Å². The minimum atomic E-state index is -0.653. The van der Waals surface area contributed by atoms with Gasteiger partial charge < -0.3 is 9.84 Å². The number of fused-ring (bicyclic) bond motifs is 1. The molecule has 1 amide bonds. The molecule has 0 saturated carbocycles. The van der Waals surface area contributed by atoms with Gasteiger partial charge in [-0.2, -0.15) is 5.10 Å². The van der Waals surface area contributed by atoms with Crippen molar-refractivity contribution in [3.05, 3.63) is 42.0 Å². The number of hydrazone groups is 1. The summed E-state index contributed by atoms with van der Waals surface area (Å²) in [7, 11) is 1.26. The number of phenolic OH excluding ortho intramolecular Hbond substituents is 1. The van der Waals surface area contributed by atoms with E-state index in [4.69, 9.17) is 0 Å². The first-order chi connectivity index (χ1) is 9.13. The van der Waals surface area contributed by atoms with Crippen LogP contribution in [0.5, 0.6) is 5.75 Å². The molecular formula is C14H14N2O3. The lowest BCUT2D eigenvalue weighted by atomic mass is 10.0. The normalized spacial score (nSPS) is 11.4. The molecule has 2 aromatic carbocycles. The van der Waals surface area contributed by atoms with Crippen LogP contribution in [0, 0.1) is 0 Å². The van der Waals surface area contributed by atoms with E-state index in [0.29, 0.717) is 11.3 Å². The van der Waals surface area contributed by atoms with Crippen molar-refractivity contribution in [1.29, 1.82) is 0 Å². The van der Waals surface area contributed by atoms with E-state index in [1.54, 1.807) is 13.0 Å². The maximum absolute atomic E-state index is 10.9. The Morgan fingerprint density at radius 1 is 1.26 bits per heavy atom. The van der Waals surface area contributed by atoms with Crippen molar-refractivity contribution in [1.82, 2.24) is 5.43 Å². The maximum atomic E-state index is 10.9. The van der Waals surface area contributed by atoms with Crippen LogP contribution in [-0.2, 0) is 4.74 Å². The number of rotatable bonds is 2. The number of hydrogen-bond donors (Lipinski definition) is 2. The first-order valence-corrected chi connectivity index (χ1v) is 5.73. The minimum absolute atomic E-state index is 0.144. The van der Waals surface area contributed by atoms with Gasteiger partial charge in [-0.1, -0.05) is 30.3 Å². The van der Waals surface area contributed by atoms with Crippen LogP contribution in [0.2, 0.25) is 0 Å². The smallest absolute Gasteiger partial charge is 0.427 e. The van der Waals surface area contributed by atoms with Crippen molar-refractivity contribution >= 4 is 22.6 Å². The maximum Gasteiger partial charge on any atom is 0.427 e. The summed E-state index contributed by atoms with van der Waals surface area (Å²) in [6.45, 7) is 1.69. The van der Waals surface area contributed by atoms with Crippen LogP contribution in [-0.4, -0.2) is 24.0 Å². The monoisotopic (exact) mass is 258 g/mol. The first-order valence-electron chi connectivity index (χ1n) is 5.73. The number of carbonyl (C=O) groups is 1. The molecule has 5 nitrogen and oxygen atoms in total. The van der Waals surface area contributed by atoms with E-state index in [0.717, 1.165) is 10.8 Å². The van der Waals surface area contributed by atoms with Gasteiger partial charge in [-0.05, 0) is 18.4 Å². The Morgan fingerprint density at radius 3 is 2.74 bits per heavy atom. The van der Waals surface area contributed by atoms with Gasteiger partial charge >= 0.3 is 6.09 Å². The summed E-state index contributed by atoms with van der Waals surface area (Å²) in [4.78, 5) is 10.9. The molecule has 2 N–H and O–H groups in total. The highest BCUT2D eigenvalue weighted by Crippen LogP contribution is 2.28. The van der Waals surface area contributed by atoms with E-state index in [-0.39, 0.29) is 5.75 Å². The Morgan fingerprint density at radius 2 is 2.00 bits per heavy atom. The molecule has 0 heterocycles. The Bertz CT molecular complexity index is 650. The lowest BCUT2D eigenvalue weighted by molar-refractivity contribution is 0.171. The fraction of sp³-hybridized carbons (Fsp3) is 0.143. The molecular weight excluding hydrogens is 244 g/mol. The van der Waals surface area contributed by atoms with Gasteiger partial charge in [-0.15, -0.1) is 0 Å². The number of benzene rings is 2. The van der Waals surface area contributed by atoms with E-state index >= 15 is 0 Å². The number of nitrogens with zero attached hydrogens (tertiary/aromatic N) is 1. The van der Waals surface area contributed by atoms with Gasteiger partial charge in [0.25, 0.3) is 0 Å². The predicted molar refractivity (Wildman–Crippen MR) is 73.4 cm³/mol. The molecule has 0 unspecified atom stereocenters. The number of hydrogen-bond acceptors (Lipinski definition) is 4. The van der Waals surface area contributed by atoms with E-state index in [1.807, 2.05) is 30.3 Å². The van der Waals surface area contributed by atoms with Gasteiger partial charge in [0.2, 0.25) is 0 Å². The zero-order valence-corrected chi connectivity index (χ0v) is 10.7. The summed E-state index contributed by atoms with van der Waals surface area (Å²) in [6, 6.07) is 11.1. The van der Waals surface area contributed by atoms with Gasteiger partial charge in [-0.25, -0.2) is 10.2 Å². The molecule has 0 atom stereocenters. The molecule has 19 heavy (non-hydrogen) atoms. The molecule has 98 valence electrons. The average Bonchev–Trinajstić information content (AvgIpc) is 2.45. The van der Waals surface area contributed by atoms with Crippen LogP contribution in [0.15, 0.2) is 41.5 Å². The standard InChI is InChI=1S/C14H14N2O3/c1-9(15-16-14(18)19-2)11-8-7-10-5-3-4-6-12(10)13(11)17/h3-8,17H,1-2H3,(H,16,18)/b15-9+. The van der Waals surface area contributed by atoms with E-state index in [2.05, 4.69) is 15.3 Å². The highest BCUT2D eigenvalue weighted by molar-refractivity contribution is 6.06. The van der Waals surface area contributed by atoms with Crippen molar-refractivity contribution in [3.63, 3.8) is 0 Å². The quantitative estimate of drug-likeness (QED) is 0.642. The second-order valence-electron chi connectivity index (χ2n) is 3.98. The Hall–Kier alpha value is -2.56. The summed E-state index contributed by atoms with van der Waals surface area (Å²) in [5.74, 6) is 0.144. The number of aromatic hydroxyl groups is 1. The van der Waals surface area contributed by atoms with Crippen LogP contribution >= 0.6 is 0 Å². The SMILES string of the molecule is COC(=O)N/N=C(\C)c1ccc2ccccc2c1O. The van der Waals surface area contributed by atoms with Gasteiger partial charge in [0.05, 0.1) is 12.8 Å². The van der Waals surface area contributed by atoms with E-state index in [9.17, 15) is 9.90 Å². The minimum Gasteiger partial charge on any atom is -0.507 e. The lowest BCUT2D eigenvalue weighted by Gasteiger charge is -2.07. The zero-order chi connectivity index (χ0) is 13.8. The molecule has 0 aromatic heterocycles. The van der Waals surface area contributed by atoms with Crippen LogP contribution in [0.1, 0.15) is 12.5 Å². The van der Waals surface area contributed by atoms with Crippen LogP contribution in [0.3, 0.4) is 0 Å². The Labute approximate surface area is 110 Å². The number of methoxy groups -OCH3 is 1. The molecule has 0 aliphatic heterocycles. The van der Waals surface area contributed by atoms with Gasteiger partial charge in [0, 0.05) is 10.9 Å². The largest absolute Gasteiger partial charge is 0.507 e. The topological polar surface area (TPSA) is 70.9 Å². The fourth-order valence-electron chi connectivity index (χ4n) is 1.78. The number of nitrogens with one attached hydrogen (secondary N) is 1. The summed E-state index contributed by atoms with van der Waals surface area (Å²) in [5.41, 5.74) is 3.28. The highest BCUT2D eigenvalue weighted by Gasteiger charge is 2.09. The molecule has 5 heteroatoms. The number of phenols is 1. The average molecular weight is 258 g/mol. The van der Waals surface area contributed by atoms with Crippen molar-refractivity contribution in [3.8, 4) is 5.75 Å². The van der Waals surface area contributed by atoms with Crippen LogP contribution in [0.25, 0.3) is 10.8 Å². The molecule has 2 rings (SSSR count). The summed E-state index contributed by atoms with van der Waals surface area (Å²) >= 11 is 0. The second-order valence-corrected chi connectivity index (χ2v) is 3.98. The fourth-order valence-corrected chi connectivity index (χ4v) is 1.78. The summed E-state index contributed by atoms with van der Waals surface area (Å²) < 4.78 is 4.42. The lowest BCUT2D eigenvalue weighted by Crippen LogP contribution is -2.18. The molecule has 0 fully saturated rings. The molecule has 0 aliphatic carbocycles. The Balaban J connectivity index is 2.40. The van der Waals surface area contributed by atoms with Crippen LogP contribution in [0.4, 0.5) is 4.79 Å². The number of carbonyl (C=O) groups excluding carboxylic acids is 1. The molecule has 0 bridgehead atoms. The summed E-state index contributed by atoms with van der Waals surface area (Å²) in [5, 5.41) is 15.8. The molecule has 0 saturated heterocycles. The third kappa shape index (κ3) is 2.65.